The molecular formula is C47H33NS. The first-order valence-electron chi connectivity index (χ1n) is 17.0. The molecule has 0 fully saturated rings. The molecule has 1 nitrogen and oxygen atoms in total. The van der Waals surface area contributed by atoms with Crippen molar-refractivity contribution in [3.05, 3.63) is 175 Å². The Kier molecular flexibility index (Phi) is 6.16. The molecular weight excluding hydrogens is 611 g/mol. The van der Waals surface area contributed by atoms with E-state index in [2.05, 4.69) is 183 Å². The maximum absolute atomic E-state index is 2.52. The number of thiophene rings is 1. The summed E-state index contributed by atoms with van der Waals surface area (Å²) in [4.78, 5) is 2.52. The highest BCUT2D eigenvalue weighted by molar-refractivity contribution is 7.27. The largest absolute Gasteiger partial charge is 0.308 e. The van der Waals surface area contributed by atoms with Crippen molar-refractivity contribution in [1.29, 1.82) is 0 Å². The molecule has 0 bridgehead atoms. The highest BCUT2D eigenvalue weighted by atomic mass is 32.1. The number of hydrogen-bond donors (Lipinski definition) is 0. The van der Waals surface area contributed by atoms with Crippen LogP contribution in [0.5, 0.6) is 0 Å². The van der Waals surface area contributed by atoms with E-state index in [1.54, 1.807) is 0 Å². The number of nitrogens with zero attached hydrogens (tertiary/aromatic N) is 1. The Balaban J connectivity index is 1.24. The smallest absolute Gasteiger partial charge is 0.0640 e. The molecule has 0 saturated carbocycles. The van der Waals surface area contributed by atoms with Gasteiger partial charge in [0.15, 0.2) is 0 Å². The summed E-state index contributed by atoms with van der Waals surface area (Å²) in [7, 11) is 0. The molecule has 0 N–H and O–H groups in total. The van der Waals surface area contributed by atoms with Gasteiger partial charge in [-0.3, -0.25) is 0 Å². The van der Waals surface area contributed by atoms with E-state index in [1.807, 2.05) is 11.3 Å². The monoisotopic (exact) mass is 643 g/mol. The standard InChI is InChI=1S/C47H33NS/c1-47(2)40-20-8-7-17-39(40)44-41(47)21-11-22-42(44)48(33-27-24-32(25-28-33)35-18-9-14-30-12-3-5-15-34(30)35)43-23-10-19-37-38-29-26-31-13-4-6-16-36(31)45(38)49-46(37)43/h3-29H,1-2H3. The number of rotatable bonds is 4. The predicted molar refractivity (Wildman–Crippen MR) is 212 cm³/mol. The molecule has 0 unspecified atom stereocenters. The van der Waals surface area contributed by atoms with Gasteiger partial charge in [-0.2, -0.15) is 0 Å². The lowest BCUT2D eigenvalue weighted by Crippen LogP contribution is -2.16. The molecule has 1 heterocycles. The van der Waals surface area contributed by atoms with Crippen molar-refractivity contribution in [2.24, 2.45) is 0 Å². The molecule has 2 heteroatoms. The van der Waals surface area contributed by atoms with Crippen LogP contribution in [0.3, 0.4) is 0 Å². The van der Waals surface area contributed by atoms with E-state index in [-0.39, 0.29) is 5.41 Å². The molecule has 1 aliphatic carbocycles. The van der Waals surface area contributed by atoms with Crippen LogP contribution in [0.4, 0.5) is 17.1 Å². The maximum Gasteiger partial charge on any atom is 0.0640 e. The SMILES string of the molecule is CC1(C)c2ccccc2-c2c(N(c3ccc(-c4cccc5ccccc45)cc3)c3cccc4c3sc3c5ccccc5ccc43)cccc21. The Hall–Kier alpha value is -5.70. The Morgan fingerprint density at radius 2 is 1.02 bits per heavy atom. The van der Waals surface area contributed by atoms with Crippen LogP contribution in [0.2, 0.25) is 0 Å². The van der Waals surface area contributed by atoms with Crippen LogP contribution < -0.4 is 4.90 Å². The van der Waals surface area contributed by atoms with Crippen LogP contribution in [0.15, 0.2) is 164 Å². The Morgan fingerprint density at radius 1 is 0.429 bits per heavy atom. The summed E-state index contributed by atoms with van der Waals surface area (Å²) in [6.45, 7) is 4.73. The normalized spacial score (nSPS) is 13.3. The molecule has 9 aromatic rings. The Bertz CT molecular complexity index is 2740. The molecule has 8 aromatic carbocycles. The van der Waals surface area contributed by atoms with Gasteiger partial charge in [-0.15, -0.1) is 11.3 Å². The van der Waals surface area contributed by atoms with E-state index in [4.69, 9.17) is 0 Å². The summed E-state index contributed by atoms with van der Waals surface area (Å²) in [5, 5.41) is 7.75. The minimum Gasteiger partial charge on any atom is -0.308 e. The summed E-state index contributed by atoms with van der Waals surface area (Å²) in [6.07, 6.45) is 0. The van der Waals surface area contributed by atoms with Gasteiger partial charge in [0, 0.05) is 32.1 Å². The van der Waals surface area contributed by atoms with Crippen molar-refractivity contribution in [3.63, 3.8) is 0 Å². The molecule has 0 spiro atoms. The molecule has 0 saturated heterocycles. The lowest BCUT2D eigenvalue weighted by Gasteiger charge is -2.29. The molecule has 49 heavy (non-hydrogen) atoms. The van der Waals surface area contributed by atoms with Gasteiger partial charge in [0.1, 0.15) is 0 Å². The third kappa shape index (κ3) is 4.17. The van der Waals surface area contributed by atoms with E-state index in [1.165, 1.54) is 86.5 Å². The average Bonchev–Trinajstić information content (AvgIpc) is 3.65. The number of fused-ring (bicyclic) bond motifs is 9. The second-order valence-corrected chi connectivity index (χ2v) is 14.7. The number of benzene rings is 8. The second kappa shape index (κ2) is 10.7. The molecule has 1 aliphatic rings. The molecule has 0 atom stereocenters. The van der Waals surface area contributed by atoms with Crippen LogP contribution in [-0.2, 0) is 5.41 Å². The molecule has 0 aliphatic heterocycles. The minimum absolute atomic E-state index is 0.0889. The first-order chi connectivity index (χ1) is 24.1. The molecule has 232 valence electrons. The fourth-order valence-corrected chi connectivity index (χ4v) is 9.62. The topological polar surface area (TPSA) is 3.24 Å². The summed E-state index contributed by atoms with van der Waals surface area (Å²) in [5.41, 5.74) is 11.4. The van der Waals surface area contributed by atoms with Crippen molar-refractivity contribution < 1.29 is 0 Å². The van der Waals surface area contributed by atoms with Crippen molar-refractivity contribution in [2.45, 2.75) is 19.3 Å². The molecule has 1 aromatic heterocycles. The summed E-state index contributed by atoms with van der Waals surface area (Å²) >= 11 is 1.91. The lowest BCUT2D eigenvalue weighted by atomic mass is 9.82. The van der Waals surface area contributed by atoms with Gasteiger partial charge < -0.3 is 4.90 Å². The third-order valence-electron chi connectivity index (χ3n) is 10.7. The van der Waals surface area contributed by atoms with Gasteiger partial charge in [0.05, 0.1) is 16.1 Å². The lowest BCUT2D eigenvalue weighted by molar-refractivity contribution is 0.660. The highest BCUT2D eigenvalue weighted by Gasteiger charge is 2.38. The number of hydrogen-bond acceptors (Lipinski definition) is 2. The van der Waals surface area contributed by atoms with Gasteiger partial charge in [0.2, 0.25) is 0 Å². The minimum atomic E-state index is -0.0889. The predicted octanol–water partition coefficient (Wildman–Crippen LogP) is 13.8. The van der Waals surface area contributed by atoms with Crippen molar-refractivity contribution in [3.8, 4) is 22.3 Å². The van der Waals surface area contributed by atoms with Crippen LogP contribution >= 0.6 is 11.3 Å². The van der Waals surface area contributed by atoms with Crippen LogP contribution in [0, 0.1) is 0 Å². The second-order valence-electron chi connectivity index (χ2n) is 13.7. The zero-order chi connectivity index (χ0) is 32.7. The molecule has 0 radical (unpaired) electrons. The highest BCUT2D eigenvalue weighted by Crippen LogP contribution is 2.55. The quantitative estimate of drug-likeness (QED) is 0.184. The summed E-state index contributed by atoms with van der Waals surface area (Å²) in [5.74, 6) is 0. The first kappa shape index (κ1) is 28.3. The van der Waals surface area contributed by atoms with Gasteiger partial charge in [-0.25, -0.2) is 0 Å². The number of anilines is 3. The van der Waals surface area contributed by atoms with Crippen molar-refractivity contribution >= 4 is 70.1 Å². The average molecular weight is 644 g/mol. The fourth-order valence-electron chi connectivity index (χ4n) is 8.28. The molecule has 0 amide bonds. The zero-order valence-corrected chi connectivity index (χ0v) is 28.3. The van der Waals surface area contributed by atoms with E-state index in [9.17, 15) is 0 Å². The summed E-state index contributed by atoms with van der Waals surface area (Å²) in [6, 6.07) is 60.5. The van der Waals surface area contributed by atoms with Crippen LogP contribution in [-0.4, -0.2) is 0 Å². The molecule has 10 rings (SSSR count). The Morgan fingerprint density at radius 3 is 1.88 bits per heavy atom. The van der Waals surface area contributed by atoms with E-state index < -0.39 is 0 Å². The van der Waals surface area contributed by atoms with Crippen LogP contribution in [0.25, 0.3) is 64.0 Å². The fraction of sp³-hybridized carbons (Fsp3) is 0.0638. The van der Waals surface area contributed by atoms with E-state index in [0.29, 0.717) is 0 Å². The first-order valence-corrected chi connectivity index (χ1v) is 17.8. The van der Waals surface area contributed by atoms with Gasteiger partial charge >= 0.3 is 0 Å². The maximum atomic E-state index is 2.52. The van der Waals surface area contributed by atoms with E-state index in [0.717, 1.165) is 5.69 Å². The zero-order valence-electron chi connectivity index (χ0n) is 27.4. The van der Waals surface area contributed by atoms with Gasteiger partial charge in [0.25, 0.3) is 0 Å². The summed E-state index contributed by atoms with van der Waals surface area (Å²) < 4.78 is 2.65. The van der Waals surface area contributed by atoms with Crippen LogP contribution in [0.1, 0.15) is 25.0 Å². The van der Waals surface area contributed by atoms with Gasteiger partial charge in [-0.1, -0.05) is 153 Å². The third-order valence-corrected chi connectivity index (χ3v) is 11.9. The van der Waals surface area contributed by atoms with E-state index >= 15 is 0 Å². The van der Waals surface area contributed by atoms with Gasteiger partial charge in [-0.05, 0) is 73.6 Å². The Labute approximate surface area is 290 Å². The van der Waals surface area contributed by atoms with Crippen molar-refractivity contribution in [1.82, 2.24) is 0 Å². The van der Waals surface area contributed by atoms with Crippen molar-refractivity contribution in [2.75, 3.05) is 4.90 Å².